The second-order valence-electron chi connectivity index (χ2n) is 6.01. The van der Waals surface area contributed by atoms with E-state index in [4.69, 9.17) is 0 Å². The molecule has 1 spiro atoms. The van der Waals surface area contributed by atoms with Crippen molar-refractivity contribution in [1.82, 2.24) is 0 Å². The van der Waals surface area contributed by atoms with Crippen molar-refractivity contribution in [1.29, 1.82) is 0 Å². The topological polar surface area (TPSA) is 34.1 Å². The van der Waals surface area contributed by atoms with Crippen LogP contribution >= 0.6 is 0 Å². The molecular weight excluding hydrogens is 309 g/mol. The predicted molar refractivity (Wildman–Crippen MR) is 81.8 cm³/mol. The first-order chi connectivity index (χ1) is 9.74. The van der Waals surface area contributed by atoms with E-state index in [9.17, 15) is 9.59 Å². The Hall–Kier alpha value is -1.42. The summed E-state index contributed by atoms with van der Waals surface area (Å²) < 4.78 is 0.498. The van der Waals surface area contributed by atoms with Crippen molar-refractivity contribution in [2.45, 2.75) is 29.8 Å². The molecule has 100 valence electrons. The molecule has 0 amide bonds. The molecule has 1 fully saturated rings. The summed E-state index contributed by atoms with van der Waals surface area (Å²) in [7, 11) is 0. The molecule has 20 heavy (non-hydrogen) atoms. The van der Waals surface area contributed by atoms with Gasteiger partial charge in [-0.1, -0.05) is 0 Å². The minimum absolute atomic E-state index is 0.249. The van der Waals surface area contributed by atoms with Crippen LogP contribution < -0.4 is 0 Å². The third kappa shape index (κ3) is 1.46. The number of benzene rings is 2. The van der Waals surface area contributed by atoms with Crippen LogP contribution in [-0.4, -0.2) is 22.5 Å². The van der Waals surface area contributed by atoms with Gasteiger partial charge in [0, 0.05) is 0 Å². The summed E-state index contributed by atoms with van der Waals surface area (Å²) in [5.74, 6) is 0. The summed E-state index contributed by atoms with van der Waals surface area (Å²) in [5, 5.41) is 3.74. The van der Waals surface area contributed by atoms with Gasteiger partial charge in [-0.3, -0.25) is 0 Å². The van der Waals surface area contributed by atoms with Crippen molar-refractivity contribution in [3.8, 4) is 0 Å². The average molecular weight is 325 g/mol. The molecule has 0 aromatic heterocycles. The first-order valence-electron chi connectivity index (χ1n) is 7.35. The Kier molecular flexibility index (Phi) is 2.64. The van der Waals surface area contributed by atoms with Crippen molar-refractivity contribution in [2.24, 2.45) is 0 Å². The van der Waals surface area contributed by atoms with Gasteiger partial charge in [0.05, 0.1) is 0 Å². The molecule has 2 aromatic carbocycles. The second-order valence-corrected chi connectivity index (χ2v) is 14.6. The Morgan fingerprint density at radius 1 is 0.750 bits per heavy atom. The quantitative estimate of drug-likeness (QED) is 0.688. The van der Waals surface area contributed by atoms with Crippen LogP contribution in [0.25, 0.3) is 10.8 Å². The zero-order valence-corrected chi connectivity index (χ0v) is 13.4. The Bertz CT molecular complexity index is 689. The summed E-state index contributed by atoms with van der Waals surface area (Å²) in [4.78, 5) is 26.1. The third-order valence-electron chi connectivity index (χ3n) is 4.97. The first-order valence-corrected chi connectivity index (χ1v) is 12.4. The number of hydrogen-bond acceptors (Lipinski definition) is 2. The summed E-state index contributed by atoms with van der Waals surface area (Å²) in [6.07, 6.45) is 3.31. The van der Waals surface area contributed by atoms with E-state index >= 15 is 0 Å². The number of carbonyl (C=O) groups is 2. The number of hydrogen-bond donors (Lipinski definition) is 0. The predicted octanol–water partition coefficient (Wildman–Crippen LogP) is 3.93. The van der Waals surface area contributed by atoms with Crippen molar-refractivity contribution < 1.29 is 9.59 Å². The van der Waals surface area contributed by atoms with Crippen molar-refractivity contribution in [3.63, 3.8) is 0 Å². The molecule has 0 atom stereocenters. The van der Waals surface area contributed by atoms with Crippen molar-refractivity contribution in [3.05, 3.63) is 47.5 Å². The summed E-state index contributed by atoms with van der Waals surface area (Å²) in [5.41, 5.74) is 1.67. The number of carbonyl (C=O) groups excluding carboxylic acids is 2. The van der Waals surface area contributed by atoms with E-state index in [0.717, 1.165) is 45.2 Å². The Morgan fingerprint density at radius 3 is 1.85 bits per heavy atom. The molecule has 0 aliphatic carbocycles. The molecule has 0 radical (unpaired) electrons. The van der Waals surface area contributed by atoms with E-state index in [1.165, 1.54) is 6.42 Å². The van der Waals surface area contributed by atoms with Gasteiger partial charge >= 0.3 is 120 Å². The fraction of sp³-hybridized carbons (Fsp3) is 0.294. The van der Waals surface area contributed by atoms with Gasteiger partial charge in [-0.05, 0) is 0 Å². The monoisotopic (exact) mass is 326 g/mol. The standard InChI is InChI=1S/C17H16GeO2/c19-16-13-8-4-6-12-7-5-9-14(15(12)13)17(20)18(16)10-2-1-3-11-18/h4-9H,1-3,10-11H2. The molecule has 2 heterocycles. The Morgan fingerprint density at radius 2 is 1.30 bits per heavy atom. The zero-order chi connectivity index (χ0) is 13.7. The van der Waals surface area contributed by atoms with Crippen LogP contribution in [0.15, 0.2) is 36.4 Å². The molecule has 0 unspecified atom stereocenters. The molecule has 0 saturated carbocycles. The first kappa shape index (κ1) is 12.3. The van der Waals surface area contributed by atoms with Crippen molar-refractivity contribution in [2.75, 3.05) is 0 Å². The Labute approximate surface area is 120 Å². The summed E-state index contributed by atoms with van der Waals surface area (Å²) in [6, 6.07) is 11.8. The Balaban J connectivity index is 2.05. The molecule has 2 aromatic rings. The van der Waals surface area contributed by atoms with Gasteiger partial charge in [-0.2, -0.15) is 0 Å². The molecule has 2 aliphatic rings. The van der Waals surface area contributed by atoms with Gasteiger partial charge in [-0.25, -0.2) is 0 Å². The van der Waals surface area contributed by atoms with E-state index in [-0.39, 0.29) is 9.23 Å². The zero-order valence-electron chi connectivity index (χ0n) is 11.3. The molecular formula is C17H16GeO2. The summed E-state index contributed by atoms with van der Waals surface area (Å²) >= 11 is -3.08. The van der Waals surface area contributed by atoms with Gasteiger partial charge < -0.3 is 0 Å². The van der Waals surface area contributed by atoms with E-state index < -0.39 is 13.3 Å². The van der Waals surface area contributed by atoms with E-state index in [0.29, 0.717) is 0 Å². The van der Waals surface area contributed by atoms with Crippen LogP contribution in [0.3, 0.4) is 0 Å². The average Bonchev–Trinajstić information content (AvgIpc) is 2.52. The van der Waals surface area contributed by atoms with Crippen LogP contribution in [0.2, 0.25) is 10.5 Å². The van der Waals surface area contributed by atoms with Gasteiger partial charge in [0.15, 0.2) is 0 Å². The van der Waals surface area contributed by atoms with Crippen LogP contribution in [-0.2, 0) is 0 Å². The van der Waals surface area contributed by atoms with Crippen LogP contribution in [0.1, 0.15) is 40.0 Å². The fourth-order valence-electron chi connectivity index (χ4n) is 3.95. The van der Waals surface area contributed by atoms with E-state index in [1.54, 1.807) is 0 Å². The second kappa shape index (κ2) is 4.29. The molecule has 2 aliphatic heterocycles. The van der Waals surface area contributed by atoms with E-state index in [2.05, 4.69) is 0 Å². The van der Waals surface area contributed by atoms with Crippen LogP contribution in [0.5, 0.6) is 0 Å². The maximum absolute atomic E-state index is 13.1. The van der Waals surface area contributed by atoms with Gasteiger partial charge in [0.2, 0.25) is 0 Å². The molecule has 3 heteroatoms. The normalized spacial score (nSPS) is 20.6. The van der Waals surface area contributed by atoms with Gasteiger partial charge in [0.25, 0.3) is 0 Å². The molecule has 1 saturated heterocycles. The molecule has 2 nitrogen and oxygen atoms in total. The van der Waals surface area contributed by atoms with Crippen LogP contribution in [0.4, 0.5) is 0 Å². The van der Waals surface area contributed by atoms with E-state index in [1.807, 2.05) is 36.4 Å². The van der Waals surface area contributed by atoms with Gasteiger partial charge in [0.1, 0.15) is 0 Å². The van der Waals surface area contributed by atoms with Crippen LogP contribution in [0, 0.1) is 0 Å². The SMILES string of the molecule is O=[C]1c2cccc3cccc(c23)[C](=O)[Ge]12[CH2]CCC[CH2]2. The minimum atomic E-state index is -3.08. The third-order valence-corrected chi connectivity index (χ3v) is 14.8. The maximum atomic E-state index is 13.1. The fourth-order valence-corrected chi connectivity index (χ4v) is 13.4. The molecule has 4 rings (SSSR count). The van der Waals surface area contributed by atoms with Gasteiger partial charge in [-0.15, -0.1) is 0 Å². The number of rotatable bonds is 0. The van der Waals surface area contributed by atoms with Crippen molar-refractivity contribution >= 4 is 33.3 Å². The molecule has 0 N–H and O–H groups in total. The summed E-state index contributed by atoms with van der Waals surface area (Å²) in [6.45, 7) is 0. The molecule has 0 bridgehead atoms.